The first-order valence-corrected chi connectivity index (χ1v) is 7.14. The van der Waals surface area contributed by atoms with Gasteiger partial charge in [0.05, 0.1) is 12.5 Å². The number of aromatic hydroxyl groups is 2. The molecular formula is C13H19NO4S. The predicted molar refractivity (Wildman–Crippen MR) is 75.3 cm³/mol. The number of methoxy groups -OCH3 is 1. The van der Waals surface area contributed by atoms with Crippen molar-refractivity contribution in [2.24, 2.45) is 0 Å². The number of hydrogen-bond acceptors (Lipinski definition) is 6. The van der Waals surface area contributed by atoms with E-state index < -0.39 is 0 Å². The van der Waals surface area contributed by atoms with Gasteiger partial charge in [-0.2, -0.15) is 0 Å². The summed E-state index contributed by atoms with van der Waals surface area (Å²) < 4.78 is 4.66. The highest BCUT2D eigenvalue weighted by Gasteiger charge is 2.31. The monoisotopic (exact) mass is 285 g/mol. The minimum absolute atomic E-state index is 0.0781. The molecule has 1 aliphatic rings. The molecule has 3 N–H and O–H groups in total. The van der Waals surface area contributed by atoms with Crippen molar-refractivity contribution in [1.82, 2.24) is 5.32 Å². The van der Waals surface area contributed by atoms with E-state index in [9.17, 15) is 15.0 Å². The molecule has 1 heterocycles. The fourth-order valence-corrected chi connectivity index (χ4v) is 2.86. The van der Waals surface area contributed by atoms with Crippen LogP contribution in [0, 0.1) is 0 Å². The lowest BCUT2D eigenvalue weighted by Gasteiger charge is -2.12. The standard InChI is InChI=1S/C11H13NO4S.C2H6/c1-16-11(15)7-5-17-10(12-7)6-2-3-8(13)9(14)4-6;1-2/h2-4,7,10,12-14H,5H2,1H3;1-2H3. The van der Waals surface area contributed by atoms with Gasteiger partial charge in [0.15, 0.2) is 11.5 Å². The van der Waals surface area contributed by atoms with Crippen LogP contribution in [0.5, 0.6) is 11.5 Å². The molecule has 2 unspecified atom stereocenters. The van der Waals surface area contributed by atoms with Crippen LogP contribution in [0.15, 0.2) is 18.2 Å². The van der Waals surface area contributed by atoms with Gasteiger partial charge in [-0.25, -0.2) is 0 Å². The Labute approximate surface area is 117 Å². The van der Waals surface area contributed by atoms with Crippen molar-refractivity contribution in [3.05, 3.63) is 23.8 Å². The summed E-state index contributed by atoms with van der Waals surface area (Å²) in [5, 5.41) is 21.6. The topological polar surface area (TPSA) is 78.8 Å². The van der Waals surface area contributed by atoms with Crippen molar-refractivity contribution in [2.75, 3.05) is 12.9 Å². The zero-order valence-electron chi connectivity index (χ0n) is 11.2. The first-order chi connectivity index (χ1) is 9.11. The van der Waals surface area contributed by atoms with E-state index in [-0.39, 0.29) is 28.9 Å². The largest absolute Gasteiger partial charge is 0.504 e. The molecule has 106 valence electrons. The number of carbonyl (C=O) groups excluding carboxylic acids is 1. The molecule has 0 bridgehead atoms. The minimum atomic E-state index is -0.328. The summed E-state index contributed by atoms with van der Waals surface area (Å²) >= 11 is 1.56. The highest BCUT2D eigenvalue weighted by molar-refractivity contribution is 7.99. The van der Waals surface area contributed by atoms with Gasteiger partial charge in [0.2, 0.25) is 0 Å². The number of benzene rings is 1. The van der Waals surface area contributed by atoms with E-state index in [1.54, 1.807) is 17.8 Å². The molecule has 19 heavy (non-hydrogen) atoms. The van der Waals surface area contributed by atoms with Crippen LogP contribution < -0.4 is 5.32 Å². The molecule has 0 spiro atoms. The highest BCUT2D eigenvalue weighted by Crippen LogP contribution is 2.36. The average molecular weight is 285 g/mol. The van der Waals surface area contributed by atoms with Crippen LogP contribution in [-0.4, -0.2) is 35.1 Å². The Bertz CT molecular complexity index is 439. The first-order valence-electron chi connectivity index (χ1n) is 6.09. The molecule has 6 heteroatoms. The van der Waals surface area contributed by atoms with Crippen LogP contribution in [0.4, 0.5) is 0 Å². The van der Waals surface area contributed by atoms with Gasteiger partial charge in [-0.15, -0.1) is 11.8 Å². The van der Waals surface area contributed by atoms with Crippen LogP contribution in [-0.2, 0) is 9.53 Å². The summed E-state index contributed by atoms with van der Waals surface area (Å²) in [6, 6.07) is 4.29. The number of nitrogens with one attached hydrogen (secondary N) is 1. The normalized spacial score (nSPS) is 21.4. The van der Waals surface area contributed by atoms with Crippen molar-refractivity contribution >= 4 is 17.7 Å². The quantitative estimate of drug-likeness (QED) is 0.570. The van der Waals surface area contributed by atoms with Gasteiger partial charge in [-0.3, -0.25) is 10.1 Å². The third-order valence-electron chi connectivity index (χ3n) is 2.57. The van der Waals surface area contributed by atoms with Crippen molar-refractivity contribution in [3.8, 4) is 11.5 Å². The molecular weight excluding hydrogens is 266 g/mol. The Morgan fingerprint density at radius 1 is 1.37 bits per heavy atom. The van der Waals surface area contributed by atoms with E-state index in [4.69, 9.17) is 0 Å². The summed E-state index contributed by atoms with van der Waals surface area (Å²) in [6.45, 7) is 4.00. The lowest BCUT2D eigenvalue weighted by molar-refractivity contribution is -0.142. The Morgan fingerprint density at radius 3 is 2.63 bits per heavy atom. The number of hydrogen-bond donors (Lipinski definition) is 3. The Morgan fingerprint density at radius 2 is 2.05 bits per heavy atom. The summed E-state index contributed by atoms with van der Waals surface area (Å²) in [5.74, 6) is 0.0228. The average Bonchev–Trinajstić information content (AvgIpc) is 2.93. The van der Waals surface area contributed by atoms with E-state index in [0.717, 1.165) is 5.56 Å². The van der Waals surface area contributed by atoms with Crippen LogP contribution in [0.2, 0.25) is 0 Å². The van der Waals surface area contributed by atoms with Crippen LogP contribution >= 0.6 is 11.8 Å². The van der Waals surface area contributed by atoms with Gasteiger partial charge in [-0.05, 0) is 17.7 Å². The molecule has 0 aliphatic carbocycles. The van der Waals surface area contributed by atoms with Crippen molar-refractivity contribution < 1.29 is 19.7 Å². The summed E-state index contributed by atoms with van der Waals surface area (Å²) in [4.78, 5) is 11.3. The van der Waals surface area contributed by atoms with Crippen molar-refractivity contribution in [3.63, 3.8) is 0 Å². The summed E-state index contributed by atoms with van der Waals surface area (Å²) in [6.07, 6.45) is 0. The number of rotatable bonds is 2. The molecule has 1 aliphatic heterocycles. The SMILES string of the molecule is CC.COC(=O)C1CSC(c2ccc(O)c(O)c2)N1. The van der Waals surface area contributed by atoms with Gasteiger partial charge >= 0.3 is 5.97 Å². The van der Waals surface area contributed by atoms with E-state index in [2.05, 4.69) is 10.1 Å². The van der Waals surface area contributed by atoms with E-state index in [0.29, 0.717) is 5.75 Å². The zero-order valence-corrected chi connectivity index (χ0v) is 12.0. The third kappa shape index (κ3) is 3.78. The van der Waals surface area contributed by atoms with E-state index in [1.807, 2.05) is 13.8 Å². The Balaban J connectivity index is 0.000000861. The molecule has 1 saturated heterocycles. The first kappa shape index (κ1) is 15.7. The molecule has 0 radical (unpaired) electrons. The molecule has 0 aromatic heterocycles. The Hall–Kier alpha value is -1.40. The molecule has 0 amide bonds. The second kappa shape index (κ2) is 7.25. The minimum Gasteiger partial charge on any atom is -0.504 e. The van der Waals surface area contributed by atoms with Crippen molar-refractivity contribution in [2.45, 2.75) is 25.3 Å². The number of carbonyl (C=O) groups is 1. The molecule has 1 fully saturated rings. The maximum atomic E-state index is 11.3. The van der Waals surface area contributed by atoms with Gasteiger partial charge in [-0.1, -0.05) is 19.9 Å². The number of thioether (sulfide) groups is 1. The van der Waals surface area contributed by atoms with E-state index >= 15 is 0 Å². The maximum absolute atomic E-state index is 11.3. The fourth-order valence-electron chi connectivity index (χ4n) is 1.65. The number of phenols is 2. The zero-order chi connectivity index (χ0) is 14.4. The fraction of sp³-hybridized carbons (Fsp3) is 0.462. The second-order valence-corrected chi connectivity index (χ2v) is 4.84. The summed E-state index contributed by atoms with van der Waals surface area (Å²) in [5.41, 5.74) is 0.816. The van der Waals surface area contributed by atoms with Crippen molar-refractivity contribution in [1.29, 1.82) is 0 Å². The number of esters is 1. The van der Waals surface area contributed by atoms with E-state index in [1.165, 1.54) is 19.2 Å². The molecule has 1 aromatic carbocycles. The van der Waals surface area contributed by atoms with Gasteiger partial charge in [0.1, 0.15) is 6.04 Å². The number of ether oxygens (including phenoxy) is 1. The molecule has 1 aromatic rings. The van der Waals surface area contributed by atoms with Crippen LogP contribution in [0.25, 0.3) is 0 Å². The smallest absolute Gasteiger partial charge is 0.323 e. The lowest BCUT2D eigenvalue weighted by Crippen LogP contribution is -2.34. The Kier molecular flexibility index (Phi) is 5.98. The molecule has 2 atom stereocenters. The summed E-state index contributed by atoms with van der Waals surface area (Å²) in [7, 11) is 1.36. The molecule has 2 rings (SSSR count). The highest BCUT2D eigenvalue weighted by atomic mass is 32.2. The van der Waals surface area contributed by atoms with Gasteiger partial charge in [0.25, 0.3) is 0 Å². The third-order valence-corrected chi connectivity index (χ3v) is 3.84. The lowest BCUT2D eigenvalue weighted by atomic mass is 10.2. The van der Waals surface area contributed by atoms with Gasteiger partial charge < -0.3 is 14.9 Å². The van der Waals surface area contributed by atoms with Crippen LogP contribution in [0.1, 0.15) is 24.8 Å². The van der Waals surface area contributed by atoms with Gasteiger partial charge in [0, 0.05) is 5.75 Å². The predicted octanol–water partition coefficient (Wildman–Crippen LogP) is 2.00. The molecule has 0 saturated carbocycles. The van der Waals surface area contributed by atoms with Crippen LogP contribution in [0.3, 0.4) is 0 Å². The molecule has 5 nitrogen and oxygen atoms in total. The second-order valence-electron chi connectivity index (χ2n) is 3.70. The maximum Gasteiger partial charge on any atom is 0.323 e. The number of phenolic OH excluding ortho intramolecular Hbond substituents is 2.